The van der Waals surface area contributed by atoms with Crippen LogP contribution in [0.3, 0.4) is 0 Å². The van der Waals surface area contributed by atoms with Crippen molar-refractivity contribution < 1.29 is 4.79 Å². The van der Waals surface area contributed by atoms with Crippen LogP contribution in [0.1, 0.15) is 39.0 Å². The average Bonchev–Trinajstić information content (AvgIpc) is 1.87. The Labute approximate surface area is 62.8 Å². The summed E-state index contributed by atoms with van der Waals surface area (Å²) in [6.45, 7) is 2.01. The third-order valence-electron chi connectivity index (χ3n) is 1.48. The van der Waals surface area contributed by atoms with Crippen molar-refractivity contribution in [2.24, 2.45) is 5.73 Å². The molecule has 0 aliphatic rings. The lowest BCUT2D eigenvalue weighted by Gasteiger charge is -2.02. The van der Waals surface area contributed by atoms with E-state index >= 15 is 0 Å². The standard InChI is InChI=1S/C8H17NO/c1-8(9)6-4-2-3-5-7-10/h7-8H,2-6,9H2,1H3. The molecule has 2 heteroatoms. The van der Waals surface area contributed by atoms with Crippen LogP contribution in [0, 0.1) is 0 Å². The summed E-state index contributed by atoms with van der Waals surface area (Å²) < 4.78 is 0. The zero-order valence-corrected chi connectivity index (χ0v) is 6.68. The molecule has 0 saturated carbocycles. The maximum Gasteiger partial charge on any atom is 0.119 e. The van der Waals surface area contributed by atoms with Gasteiger partial charge in [0.1, 0.15) is 6.29 Å². The van der Waals surface area contributed by atoms with Gasteiger partial charge in [0.2, 0.25) is 0 Å². The van der Waals surface area contributed by atoms with E-state index in [1.54, 1.807) is 0 Å². The van der Waals surface area contributed by atoms with Gasteiger partial charge >= 0.3 is 0 Å². The van der Waals surface area contributed by atoms with Gasteiger partial charge in [-0.2, -0.15) is 0 Å². The van der Waals surface area contributed by atoms with E-state index in [0.717, 1.165) is 32.0 Å². The largest absolute Gasteiger partial charge is 0.328 e. The van der Waals surface area contributed by atoms with E-state index in [9.17, 15) is 4.79 Å². The Hall–Kier alpha value is -0.370. The lowest BCUT2D eigenvalue weighted by Crippen LogP contribution is -2.13. The Morgan fingerprint density at radius 3 is 2.60 bits per heavy atom. The van der Waals surface area contributed by atoms with Gasteiger partial charge in [0, 0.05) is 12.5 Å². The highest BCUT2D eigenvalue weighted by Crippen LogP contribution is 2.02. The molecule has 0 aliphatic carbocycles. The van der Waals surface area contributed by atoms with Crippen LogP contribution in [-0.4, -0.2) is 12.3 Å². The summed E-state index contributed by atoms with van der Waals surface area (Å²) in [5.74, 6) is 0. The molecule has 2 N–H and O–H groups in total. The molecule has 10 heavy (non-hydrogen) atoms. The number of nitrogens with two attached hydrogens (primary N) is 1. The van der Waals surface area contributed by atoms with E-state index in [1.807, 2.05) is 6.92 Å². The summed E-state index contributed by atoms with van der Waals surface area (Å²) in [4.78, 5) is 9.88. The van der Waals surface area contributed by atoms with E-state index in [1.165, 1.54) is 0 Å². The lowest BCUT2D eigenvalue weighted by atomic mass is 10.1. The van der Waals surface area contributed by atoms with Gasteiger partial charge in [-0.1, -0.05) is 12.8 Å². The molecule has 0 saturated heterocycles. The Balaban J connectivity index is 2.83. The third kappa shape index (κ3) is 7.63. The van der Waals surface area contributed by atoms with Crippen molar-refractivity contribution in [2.75, 3.05) is 0 Å². The Bertz CT molecular complexity index is 81.3. The fraction of sp³-hybridized carbons (Fsp3) is 0.875. The molecule has 0 rings (SSSR count). The highest BCUT2D eigenvalue weighted by molar-refractivity contribution is 5.48. The van der Waals surface area contributed by atoms with E-state index in [-0.39, 0.29) is 0 Å². The zero-order chi connectivity index (χ0) is 7.82. The van der Waals surface area contributed by atoms with Crippen LogP contribution in [0.4, 0.5) is 0 Å². The first-order valence-electron chi connectivity index (χ1n) is 3.96. The molecule has 1 unspecified atom stereocenters. The summed E-state index contributed by atoms with van der Waals surface area (Å²) in [6, 6.07) is 0.316. The van der Waals surface area contributed by atoms with Gasteiger partial charge in [0.25, 0.3) is 0 Å². The van der Waals surface area contributed by atoms with E-state index in [4.69, 9.17) is 5.73 Å². The maximum atomic E-state index is 9.88. The van der Waals surface area contributed by atoms with Gasteiger partial charge in [-0.15, -0.1) is 0 Å². The SMILES string of the molecule is CC(N)CCCCCC=O. The molecule has 1 atom stereocenters. The Morgan fingerprint density at radius 1 is 1.40 bits per heavy atom. The van der Waals surface area contributed by atoms with Crippen molar-refractivity contribution in [1.29, 1.82) is 0 Å². The highest BCUT2D eigenvalue weighted by Gasteiger charge is 1.92. The number of hydrogen-bond donors (Lipinski definition) is 1. The molecule has 0 radical (unpaired) electrons. The second kappa shape index (κ2) is 6.75. The van der Waals surface area contributed by atoms with Crippen molar-refractivity contribution in [3.05, 3.63) is 0 Å². The van der Waals surface area contributed by atoms with Crippen molar-refractivity contribution in [3.8, 4) is 0 Å². The molecule has 0 aromatic heterocycles. The summed E-state index contributed by atoms with van der Waals surface area (Å²) >= 11 is 0. The predicted octanol–water partition coefficient (Wildman–Crippen LogP) is 1.48. The predicted molar refractivity (Wildman–Crippen MR) is 42.8 cm³/mol. The van der Waals surface area contributed by atoms with Gasteiger partial charge in [0.15, 0.2) is 0 Å². The van der Waals surface area contributed by atoms with Crippen molar-refractivity contribution >= 4 is 6.29 Å². The van der Waals surface area contributed by atoms with Crippen LogP contribution in [-0.2, 0) is 4.79 Å². The number of hydrogen-bond acceptors (Lipinski definition) is 2. The maximum absolute atomic E-state index is 9.88. The molecule has 60 valence electrons. The first-order chi connectivity index (χ1) is 4.77. The number of rotatable bonds is 6. The smallest absolute Gasteiger partial charge is 0.119 e. The zero-order valence-electron chi connectivity index (χ0n) is 6.68. The minimum atomic E-state index is 0.316. The first kappa shape index (κ1) is 9.63. The average molecular weight is 143 g/mol. The van der Waals surface area contributed by atoms with Gasteiger partial charge in [-0.3, -0.25) is 0 Å². The summed E-state index contributed by atoms with van der Waals surface area (Å²) in [7, 11) is 0. The molecule has 2 nitrogen and oxygen atoms in total. The third-order valence-corrected chi connectivity index (χ3v) is 1.48. The molecule has 0 spiro atoms. The highest BCUT2D eigenvalue weighted by atomic mass is 16.1. The van der Waals surface area contributed by atoms with Crippen LogP contribution in [0.25, 0.3) is 0 Å². The van der Waals surface area contributed by atoms with Crippen molar-refractivity contribution in [1.82, 2.24) is 0 Å². The second-order valence-corrected chi connectivity index (χ2v) is 2.78. The Kier molecular flexibility index (Phi) is 6.50. The fourth-order valence-electron chi connectivity index (χ4n) is 0.871. The van der Waals surface area contributed by atoms with E-state index in [2.05, 4.69) is 0 Å². The number of unbranched alkanes of at least 4 members (excludes halogenated alkanes) is 3. The molecule has 0 heterocycles. The number of aldehydes is 1. The Morgan fingerprint density at radius 2 is 2.10 bits per heavy atom. The minimum Gasteiger partial charge on any atom is -0.328 e. The summed E-state index contributed by atoms with van der Waals surface area (Å²) in [6.07, 6.45) is 6.09. The summed E-state index contributed by atoms with van der Waals surface area (Å²) in [5.41, 5.74) is 5.54. The number of carbonyl (C=O) groups is 1. The fourth-order valence-corrected chi connectivity index (χ4v) is 0.871. The molecular formula is C8H17NO. The summed E-state index contributed by atoms with van der Waals surface area (Å²) in [5, 5.41) is 0. The van der Waals surface area contributed by atoms with Gasteiger partial charge in [0.05, 0.1) is 0 Å². The molecular weight excluding hydrogens is 126 g/mol. The minimum absolute atomic E-state index is 0.316. The lowest BCUT2D eigenvalue weighted by molar-refractivity contribution is -0.107. The monoisotopic (exact) mass is 143 g/mol. The van der Waals surface area contributed by atoms with Crippen LogP contribution < -0.4 is 5.73 Å². The molecule has 0 fully saturated rings. The van der Waals surface area contributed by atoms with Crippen molar-refractivity contribution in [3.63, 3.8) is 0 Å². The van der Waals surface area contributed by atoms with Crippen LogP contribution in [0.2, 0.25) is 0 Å². The van der Waals surface area contributed by atoms with E-state index in [0.29, 0.717) is 12.5 Å². The second-order valence-electron chi connectivity index (χ2n) is 2.78. The molecule has 0 amide bonds. The molecule has 0 bridgehead atoms. The van der Waals surface area contributed by atoms with Gasteiger partial charge < -0.3 is 10.5 Å². The van der Waals surface area contributed by atoms with Gasteiger partial charge in [-0.05, 0) is 19.8 Å². The number of carbonyl (C=O) groups excluding carboxylic acids is 1. The van der Waals surface area contributed by atoms with Crippen LogP contribution in [0.15, 0.2) is 0 Å². The first-order valence-corrected chi connectivity index (χ1v) is 3.96. The van der Waals surface area contributed by atoms with E-state index < -0.39 is 0 Å². The topological polar surface area (TPSA) is 43.1 Å². The quantitative estimate of drug-likeness (QED) is 0.452. The van der Waals surface area contributed by atoms with Crippen molar-refractivity contribution in [2.45, 2.75) is 45.1 Å². The molecule has 0 aromatic carbocycles. The van der Waals surface area contributed by atoms with Gasteiger partial charge in [-0.25, -0.2) is 0 Å². The van der Waals surface area contributed by atoms with Crippen LogP contribution >= 0.6 is 0 Å². The molecule has 0 aliphatic heterocycles. The molecule has 0 aromatic rings. The normalized spacial score (nSPS) is 13.0. The van der Waals surface area contributed by atoms with Crippen LogP contribution in [0.5, 0.6) is 0 Å².